The summed E-state index contributed by atoms with van der Waals surface area (Å²) in [4.78, 5) is 27.3. The molecular formula is C14H18N4O3. The fraction of sp³-hybridized carbons (Fsp3) is 0.357. The predicted octanol–water partition coefficient (Wildman–Crippen LogP) is 1.36. The van der Waals surface area contributed by atoms with Crippen LogP contribution in [0.4, 0.5) is 5.82 Å². The molecule has 0 atom stereocenters. The number of nitrogens with one attached hydrogen (secondary N) is 2. The van der Waals surface area contributed by atoms with Gasteiger partial charge in [0.1, 0.15) is 5.65 Å². The molecule has 0 aliphatic heterocycles. The molecule has 0 radical (unpaired) electrons. The zero-order valence-corrected chi connectivity index (χ0v) is 12.2. The molecule has 7 nitrogen and oxygen atoms in total. The molecular weight excluding hydrogens is 272 g/mol. The van der Waals surface area contributed by atoms with E-state index in [0.717, 1.165) is 0 Å². The van der Waals surface area contributed by atoms with Crippen LogP contribution in [0.3, 0.4) is 0 Å². The largest absolute Gasteiger partial charge is 0.476 e. The van der Waals surface area contributed by atoms with E-state index >= 15 is 0 Å². The fourth-order valence-electron chi connectivity index (χ4n) is 1.95. The SMILES string of the molecule is CC(C)(C)NC(=O)CNc1nc2ccccn2c1C(=O)O. The van der Waals surface area contributed by atoms with Gasteiger partial charge in [0.25, 0.3) is 0 Å². The molecule has 3 N–H and O–H groups in total. The maximum absolute atomic E-state index is 11.8. The van der Waals surface area contributed by atoms with E-state index < -0.39 is 5.97 Å². The number of carboxylic acids is 1. The summed E-state index contributed by atoms with van der Waals surface area (Å²) in [6, 6.07) is 5.19. The number of aromatic nitrogens is 2. The van der Waals surface area contributed by atoms with Crippen LogP contribution in [-0.4, -0.2) is 38.5 Å². The summed E-state index contributed by atoms with van der Waals surface area (Å²) < 4.78 is 1.46. The number of hydrogen-bond donors (Lipinski definition) is 3. The Morgan fingerprint density at radius 2 is 2.05 bits per heavy atom. The van der Waals surface area contributed by atoms with E-state index in [0.29, 0.717) is 5.65 Å². The number of anilines is 1. The first-order valence-corrected chi connectivity index (χ1v) is 6.53. The lowest BCUT2D eigenvalue weighted by Gasteiger charge is -2.20. The number of aromatic carboxylic acids is 1. The Balaban J connectivity index is 2.21. The maximum Gasteiger partial charge on any atom is 0.356 e. The van der Waals surface area contributed by atoms with Crippen molar-refractivity contribution in [3.05, 3.63) is 30.1 Å². The quantitative estimate of drug-likeness (QED) is 0.790. The molecule has 112 valence electrons. The van der Waals surface area contributed by atoms with Crippen molar-refractivity contribution in [1.29, 1.82) is 0 Å². The van der Waals surface area contributed by atoms with E-state index in [2.05, 4.69) is 15.6 Å². The summed E-state index contributed by atoms with van der Waals surface area (Å²) in [5, 5.41) is 14.9. The number of rotatable bonds is 4. The van der Waals surface area contributed by atoms with Gasteiger partial charge in [-0.15, -0.1) is 0 Å². The second kappa shape index (κ2) is 5.43. The minimum absolute atomic E-state index is 0.00848. The smallest absolute Gasteiger partial charge is 0.356 e. The van der Waals surface area contributed by atoms with E-state index in [1.54, 1.807) is 24.4 Å². The molecule has 0 aliphatic carbocycles. The van der Waals surface area contributed by atoms with Gasteiger partial charge in [0.05, 0.1) is 6.54 Å². The van der Waals surface area contributed by atoms with Crippen LogP contribution in [0.25, 0.3) is 5.65 Å². The highest BCUT2D eigenvalue weighted by Crippen LogP contribution is 2.17. The molecule has 0 spiro atoms. The molecule has 0 aliphatic rings. The van der Waals surface area contributed by atoms with Gasteiger partial charge in [0, 0.05) is 11.7 Å². The van der Waals surface area contributed by atoms with Crippen LogP contribution in [0.5, 0.6) is 0 Å². The van der Waals surface area contributed by atoms with E-state index in [-0.39, 0.29) is 29.5 Å². The summed E-state index contributed by atoms with van der Waals surface area (Å²) in [6.45, 7) is 5.58. The van der Waals surface area contributed by atoms with Gasteiger partial charge < -0.3 is 15.7 Å². The van der Waals surface area contributed by atoms with Gasteiger partial charge in [-0.25, -0.2) is 9.78 Å². The molecule has 2 aromatic rings. The summed E-state index contributed by atoms with van der Waals surface area (Å²) in [5.41, 5.74) is 0.176. The fourth-order valence-corrected chi connectivity index (χ4v) is 1.95. The van der Waals surface area contributed by atoms with Crippen LogP contribution >= 0.6 is 0 Å². The molecule has 0 unspecified atom stereocenters. The topological polar surface area (TPSA) is 95.7 Å². The number of nitrogens with zero attached hydrogens (tertiary/aromatic N) is 2. The Bertz CT molecular complexity index is 685. The second-order valence-electron chi connectivity index (χ2n) is 5.69. The van der Waals surface area contributed by atoms with E-state index in [9.17, 15) is 14.7 Å². The van der Waals surface area contributed by atoms with Crippen molar-refractivity contribution >= 4 is 23.3 Å². The number of fused-ring (bicyclic) bond motifs is 1. The maximum atomic E-state index is 11.8. The number of carbonyl (C=O) groups excluding carboxylic acids is 1. The molecule has 2 rings (SSSR count). The summed E-state index contributed by atoms with van der Waals surface area (Å²) in [6.07, 6.45) is 1.62. The first kappa shape index (κ1) is 14.8. The van der Waals surface area contributed by atoms with Crippen LogP contribution in [0, 0.1) is 0 Å². The molecule has 7 heteroatoms. The van der Waals surface area contributed by atoms with Crippen molar-refractivity contribution in [2.45, 2.75) is 26.3 Å². The van der Waals surface area contributed by atoms with Crippen molar-refractivity contribution in [3.8, 4) is 0 Å². The summed E-state index contributed by atoms with van der Waals surface area (Å²) >= 11 is 0. The summed E-state index contributed by atoms with van der Waals surface area (Å²) in [5.74, 6) is -1.15. The molecule has 0 saturated heterocycles. The second-order valence-corrected chi connectivity index (χ2v) is 5.69. The molecule has 0 saturated carbocycles. The van der Waals surface area contributed by atoms with Crippen LogP contribution < -0.4 is 10.6 Å². The Kier molecular flexibility index (Phi) is 3.84. The number of carboxylic acid groups (broad SMARTS) is 1. The third kappa shape index (κ3) is 3.50. The summed E-state index contributed by atoms with van der Waals surface area (Å²) in [7, 11) is 0. The van der Waals surface area contributed by atoms with Crippen molar-refractivity contribution in [2.24, 2.45) is 0 Å². The zero-order chi connectivity index (χ0) is 15.6. The van der Waals surface area contributed by atoms with Crippen LogP contribution in [-0.2, 0) is 4.79 Å². The van der Waals surface area contributed by atoms with Gasteiger partial charge in [0.2, 0.25) is 5.91 Å². The third-order valence-electron chi connectivity index (χ3n) is 2.66. The Labute approximate surface area is 122 Å². The van der Waals surface area contributed by atoms with Crippen molar-refractivity contribution in [2.75, 3.05) is 11.9 Å². The van der Waals surface area contributed by atoms with Gasteiger partial charge in [-0.1, -0.05) is 6.07 Å². The number of imidazole rings is 1. The monoisotopic (exact) mass is 290 g/mol. The predicted molar refractivity (Wildman–Crippen MR) is 78.5 cm³/mol. The number of amides is 1. The van der Waals surface area contributed by atoms with Crippen molar-refractivity contribution in [3.63, 3.8) is 0 Å². The van der Waals surface area contributed by atoms with E-state index in [1.807, 2.05) is 20.8 Å². The minimum Gasteiger partial charge on any atom is -0.476 e. The average molecular weight is 290 g/mol. The zero-order valence-electron chi connectivity index (χ0n) is 12.2. The van der Waals surface area contributed by atoms with Crippen LogP contribution in [0.15, 0.2) is 24.4 Å². The molecule has 21 heavy (non-hydrogen) atoms. The first-order valence-electron chi connectivity index (χ1n) is 6.53. The van der Waals surface area contributed by atoms with E-state index in [1.165, 1.54) is 4.40 Å². The molecule has 2 aromatic heterocycles. The van der Waals surface area contributed by atoms with E-state index in [4.69, 9.17) is 0 Å². The van der Waals surface area contributed by atoms with Gasteiger partial charge in [-0.3, -0.25) is 9.20 Å². The number of carbonyl (C=O) groups is 2. The van der Waals surface area contributed by atoms with Gasteiger partial charge in [-0.05, 0) is 32.9 Å². The lowest BCUT2D eigenvalue weighted by atomic mass is 10.1. The molecule has 0 aromatic carbocycles. The van der Waals surface area contributed by atoms with Crippen LogP contribution in [0.1, 0.15) is 31.3 Å². The minimum atomic E-state index is -1.10. The first-order chi connectivity index (χ1) is 9.78. The normalized spacial score (nSPS) is 11.4. The Hall–Kier alpha value is -2.57. The average Bonchev–Trinajstić information content (AvgIpc) is 2.72. The van der Waals surface area contributed by atoms with Crippen LogP contribution in [0.2, 0.25) is 0 Å². The highest BCUT2D eigenvalue weighted by atomic mass is 16.4. The molecule has 0 fully saturated rings. The molecule has 1 amide bonds. The van der Waals surface area contributed by atoms with Gasteiger partial charge in [0.15, 0.2) is 11.5 Å². The third-order valence-corrected chi connectivity index (χ3v) is 2.66. The number of hydrogen-bond acceptors (Lipinski definition) is 4. The molecule has 2 heterocycles. The Morgan fingerprint density at radius 1 is 1.33 bits per heavy atom. The highest BCUT2D eigenvalue weighted by Gasteiger charge is 2.19. The Morgan fingerprint density at radius 3 is 2.67 bits per heavy atom. The lowest BCUT2D eigenvalue weighted by Crippen LogP contribution is -2.43. The highest BCUT2D eigenvalue weighted by molar-refractivity contribution is 5.93. The van der Waals surface area contributed by atoms with Gasteiger partial charge >= 0.3 is 5.97 Å². The number of pyridine rings is 1. The standard InChI is InChI=1S/C14H18N4O3/c1-14(2,3)17-10(19)8-15-12-11(13(20)21)18-7-5-4-6-9(18)16-12/h4-7,15H,8H2,1-3H3,(H,17,19)(H,20,21). The molecule has 0 bridgehead atoms. The van der Waals surface area contributed by atoms with Gasteiger partial charge in [-0.2, -0.15) is 0 Å². The van der Waals surface area contributed by atoms with Crippen molar-refractivity contribution in [1.82, 2.24) is 14.7 Å². The lowest BCUT2D eigenvalue weighted by molar-refractivity contribution is -0.120. The van der Waals surface area contributed by atoms with Crippen molar-refractivity contribution < 1.29 is 14.7 Å².